The zero-order valence-corrected chi connectivity index (χ0v) is 8.37. The molecule has 0 aromatic carbocycles. The van der Waals surface area contributed by atoms with Crippen LogP contribution in [0.25, 0.3) is 0 Å². The molecule has 2 atom stereocenters. The number of carbonyl (C=O) groups excluding carboxylic acids is 2. The quantitative estimate of drug-likeness (QED) is 0.490. The van der Waals surface area contributed by atoms with Crippen LogP contribution in [0.3, 0.4) is 0 Å². The van der Waals surface area contributed by atoms with Gasteiger partial charge in [0.25, 0.3) is 0 Å². The maximum atomic E-state index is 11.3. The van der Waals surface area contributed by atoms with Gasteiger partial charge < -0.3 is 9.53 Å². The van der Waals surface area contributed by atoms with E-state index in [0.29, 0.717) is 0 Å². The van der Waals surface area contributed by atoms with Crippen molar-refractivity contribution in [2.24, 2.45) is 17.3 Å². The first-order valence-corrected chi connectivity index (χ1v) is 4.71. The molecular weight excluding hydrogens is 168 g/mol. The molecule has 0 aromatic rings. The number of aldehydes is 1. The smallest absolute Gasteiger partial charge is 0.309 e. The third kappa shape index (κ3) is 1.26. The van der Waals surface area contributed by atoms with Crippen LogP contribution < -0.4 is 0 Å². The summed E-state index contributed by atoms with van der Waals surface area (Å²) in [6.07, 6.45) is 2.63. The van der Waals surface area contributed by atoms with Crippen molar-refractivity contribution in [1.82, 2.24) is 0 Å². The monoisotopic (exact) mass is 184 g/mol. The maximum Gasteiger partial charge on any atom is 0.309 e. The van der Waals surface area contributed by atoms with Crippen LogP contribution in [0.2, 0.25) is 0 Å². The molecule has 0 spiro atoms. The van der Waals surface area contributed by atoms with E-state index in [9.17, 15) is 9.59 Å². The third-order valence-corrected chi connectivity index (χ3v) is 3.45. The molecule has 0 aliphatic heterocycles. The predicted octanol–water partition coefficient (Wildman–Crippen LogP) is 1.41. The van der Waals surface area contributed by atoms with Crippen molar-refractivity contribution in [3.8, 4) is 0 Å². The van der Waals surface area contributed by atoms with Gasteiger partial charge in [-0.15, -0.1) is 0 Å². The molecule has 0 saturated heterocycles. The molecule has 0 N–H and O–H groups in total. The molecule has 3 heteroatoms. The minimum absolute atomic E-state index is 0.102. The van der Waals surface area contributed by atoms with Crippen LogP contribution in [-0.4, -0.2) is 19.4 Å². The van der Waals surface area contributed by atoms with Gasteiger partial charge in [0.1, 0.15) is 6.29 Å². The summed E-state index contributed by atoms with van der Waals surface area (Å²) < 4.78 is 4.67. The molecule has 1 aliphatic carbocycles. The van der Waals surface area contributed by atoms with Crippen LogP contribution in [0.1, 0.15) is 26.7 Å². The second-order valence-electron chi connectivity index (χ2n) is 3.60. The number of methoxy groups -OCH3 is 1. The van der Waals surface area contributed by atoms with Gasteiger partial charge in [0.2, 0.25) is 0 Å². The Hall–Kier alpha value is -0.860. The lowest BCUT2D eigenvalue weighted by Gasteiger charge is -2.10. The molecule has 0 heterocycles. The number of hydrogen-bond acceptors (Lipinski definition) is 3. The van der Waals surface area contributed by atoms with E-state index in [-0.39, 0.29) is 23.2 Å². The Bertz CT molecular complexity index is 218. The third-order valence-electron chi connectivity index (χ3n) is 3.45. The molecule has 1 saturated carbocycles. The Morgan fingerprint density at radius 1 is 1.46 bits per heavy atom. The summed E-state index contributed by atoms with van der Waals surface area (Å²) in [6.45, 7) is 4.03. The van der Waals surface area contributed by atoms with Crippen LogP contribution in [-0.2, 0) is 14.3 Å². The van der Waals surface area contributed by atoms with E-state index < -0.39 is 0 Å². The van der Waals surface area contributed by atoms with Crippen LogP contribution in [0.4, 0.5) is 0 Å². The number of hydrogen-bond donors (Lipinski definition) is 0. The summed E-state index contributed by atoms with van der Waals surface area (Å²) in [6, 6.07) is 0. The van der Waals surface area contributed by atoms with E-state index in [1.807, 2.05) is 13.8 Å². The first kappa shape index (κ1) is 10.2. The largest absolute Gasteiger partial charge is 0.469 e. The molecule has 0 bridgehead atoms. The fraction of sp³-hybridized carbons (Fsp3) is 0.800. The number of ether oxygens (including phenoxy) is 1. The zero-order chi connectivity index (χ0) is 10.1. The molecule has 13 heavy (non-hydrogen) atoms. The Balaban J connectivity index is 2.78. The van der Waals surface area contributed by atoms with Crippen molar-refractivity contribution < 1.29 is 14.3 Å². The second kappa shape index (κ2) is 3.48. The van der Waals surface area contributed by atoms with Crippen LogP contribution >= 0.6 is 0 Å². The van der Waals surface area contributed by atoms with Crippen LogP contribution in [0, 0.1) is 17.3 Å². The summed E-state index contributed by atoms with van der Waals surface area (Å²) in [4.78, 5) is 22.0. The van der Waals surface area contributed by atoms with Gasteiger partial charge in [-0.3, -0.25) is 4.79 Å². The Labute approximate surface area is 78.5 Å². The second-order valence-corrected chi connectivity index (χ2v) is 3.60. The van der Waals surface area contributed by atoms with Gasteiger partial charge in [-0.05, 0) is 18.3 Å². The summed E-state index contributed by atoms with van der Waals surface area (Å²) in [5.74, 6) is -0.541. The minimum Gasteiger partial charge on any atom is -0.469 e. The Kier molecular flexibility index (Phi) is 2.74. The highest BCUT2D eigenvalue weighted by molar-refractivity contribution is 5.84. The van der Waals surface area contributed by atoms with Crippen molar-refractivity contribution >= 4 is 12.3 Å². The van der Waals surface area contributed by atoms with E-state index in [0.717, 1.165) is 19.1 Å². The highest BCUT2D eigenvalue weighted by Crippen LogP contribution is 2.62. The molecule has 1 aliphatic rings. The molecule has 0 aromatic heterocycles. The van der Waals surface area contributed by atoms with Crippen molar-refractivity contribution in [2.45, 2.75) is 26.7 Å². The highest BCUT2D eigenvalue weighted by Gasteiger charge is 2.66. The number of rotatable bonds is 4. The topological polar surface area (TPSA) is 43.4 Å². The first-order valence-electron chi connectivity index (χ1n) is 4.71. The lowest BCUT2D eigenvalue weighted by molar-refractivity contribution is -0.143. The molecule has 0 amide bonds. The minimum atomic E-state index is -0.235. The van der Waals surface area contributed by atoms with Gasteiger partial charge in [-0.2, -0.15) is 0 Å². The van der Waals surface area contributed by atoms with E-state index in [1.54, 1.807) is 0 Å². The number of carbonyl (C=O) groups is 2. The van der Waals surface area contributed by atoms with E-state index >= 15 is 0 Å². The maximum absolute atomic E-state index is 11.3. The van der Waals surface area contributed by atoms with Gasteiger partial charge in [0.05, 0.1) is 13.0 Å². The molecule has 1 fully saturated rings. The van der Waals surface area contributed by atoms with Crippen LogP contribution in [0.15, 0.2) is 0 Å². The molecular formula is C10H16O3. The van der Waals surface area contributed by atoms with Crippen molar-refractivity contribution in [3.05, 3.63) is 0 Å². The highest BCUT2D eigenvalue weighted by atomic mass is 16.5. The van der Waals surface area contributed by atoms with Gasteiger partial charge >= 0.3 is 5.97 Å². The summed E-state index contributed by atoms with van der Waals surface area (Å²) in [5.41, 5.74) is -0.102. The van der Waals surface area contributed by atoms with Crippen molar-refractivity contribution in [2.75, 3.05) is 7.11 Å². The average Bonchev–Trinajstić information content (AvgIpc) is 2.85. The van der Waals surface area contributed by atoms with Gasteiger partial charge in [-0.25, -0.2) is 0 Å². The molecule has 3 nitrogen and oxygen atoms in total. The predicted molar refractivity (Wildman–Crippen MR) is 48.1 cm³/mol. The Morgan fingerprint density at radius 3 is 2.23 bits per heavy atom. The van der Waals surface area contributed by atoms with Gasteiger partial charge in [-0.1, -0.05) is 13.8 Å². The fourth-order valence-corrected chi connectivity index (χ4v) is 2.41. The van der Waals surface area contributed by atoms with Crippen LogP contribution in [0.5, 0.6) is 0 Å². The standard InChI is InChI=1S/C10H16O3/c1-4-10(5-2)7(6-11)8(10)9(12)13-3/h6-8H,4-5H2,1-3H3. The van der Waals surface area contributed by atoms with E-state index in [1.165, 1.54) is 7.11 Å². The molecule has 0 radical (unpaired) electrons. The normalized spacial score (nSPS) is 29.5. The zero-order valence-electron chi connectivity index (χ0n) is 8.37. The number of esters is 1. The van der Waals surface area contributed by atoms with E-state index in [4.69, 9.17) is 0 Å². The average molecular weight is 184 g/mol. The van der Waals surface area contributed by atoms with Crippen molar-refractivity contribution in [3.63, 3.8) is 0 Å². The van der Waals surface area contributed by atoms with Gasteiger partial charge in [0, 0.05) is 5.92 Å². The molecule has 1 rings (SSSR count). The lowest BCUT2D eigenvalue weighted by Crippen LogP contribution is -2.10. The first-order chi connectivity index (χ1) is 6.17. The van der Waals surface area contributed by atoms with Gasteiger partial charge in [0.15, 0.2) is 0 Å². The Morgan fingerprint density at radius 2 is 2.00 bits per heavy atom. The summed E-state index contributed by atoms with van der Waals surface area (Å²) in [7, 11) is 1.37. The lowest BCUT2D eigenvalue weighted by atomic mass is 9.95. The SMILES string of the molecule is CCC1(CC)C(C=O)C1C(=O)OC. The van der Waals surface area contributed by atoms with Crippen molar-refractivity contribution in [1.29, 1.82) is 0 Å². The summed E-state index contributed by atoms with van der Waals surface area (Å²) in [5, 5.41) is 0. The molecule has 74 valence electrons. The fourth-order valence-electron chi connectivity index (χ4n) is 2.41. The van der Waals surface area contributed by atoms with E-state index in [2.05, 4.69) is 4.74 Å². The molecule has 2 unspecified atom stereocenters. The summed E-state index contributed by atoms with van der Waals surface area (Å²) >= 11 is 0.